The Morgan fingerprint density at radius 1 is 1.58 bits per heavy atom. The number of aliphatic carboxylic acids is 1. The van der Waals surface area contributed by atoms with Crippen LogP contribution < -0.4 is 4.90 Å². The van der Waals surface area contributed by atoms with Crippen LogP contribution in [0.25, 0.3) is 0 Å². The quantitative estimate of drug-likeness (QED) is 0.821. The van der Waals surface area contributed by atoms with Crippen molar-refractivity contribution < 1.29 is 18.3 Å². The van der Waals surface area contributed by atoms with Crippen LogP contribution in [-0.4, -0.2) is 53.6 Å². The van der Waals surface area contributed by atoms with Crippen molar-refractivity contribution in [1.82, 2.24) is 9.97 Å². The standard InChI is InChI=1S/C11H15N3O4S/c1-8-2-4-12-11(13-8)14(6-10(15)16)9-3-5-19(17,18)7-9/h2,4,9H,3,5-7H2,1H3,(H,15,16). The highest BCUT2D eigenvalue weighted by Gasteiger charge is 2.34. The summed E-state index contributed by atoms with van der Waals surface area (Å²) in [6.45, 7) is 1.47. The van der Waals surface area contributed by atoms with Gasteiger partial charge in [-0.25, -0.2) is 18.4 Å². The predicted octanol–water partition coefficient (Wildman–Crippen LogP) is -0.137. The molecule has 1 aromatic heterocycles. The predicted molar refractivity (Wildman–Crippen MR) is 68.8 cm³/mol. The maximum absolute atomic E-state index is 11.5. The maximum Gasteiger partial charge on any atom is 0.323 e. The van der Waals surface area contributed by atoms with Crippen LogP contribution in [0.15, 0.2) is 12.3 Å². The number of carbonyl (C=O) groups is 1. The number of hydrogen-bond donors (Lipinski definition) is 1. The van der Waals surface area contributed by atoms with Gasteiger partial charge in [0.15, 0.2) is 9.84 Å². The van der Waals surface area contributed by atoms with Gasteiger partial charge in [0.25, 0.3) is 0 Å². The van der Waals surface area contributed by atoms with Crippen molar-refractivity contribution >= 4 is 21.8 Å². The van der Waals surface area contributed by atoms with Crippen LogP contribution in [0.3, 0.4) is 0 Å². The van der Waals surface area contributed by atoms with Crippen LogP contribution in [0.1, 0.15) is 12.1 Å². The van der Waals surface area contributed by atoms with Crippen molar-refractivity contribution in [1.29, 1.82) is 0 Å². The molecule has 104 valence electrons. The highest BCUT2D eigenvalue weighted by Crippen LogP contribution is 2.21. The van der Waals surface area contributed by atoms with Crippen molar-refractivity contribution in [3.05, 3.63) is 18.0 Å². The Hall–Kier alpha value is -1.70. The van der Waals surface area contributed by atoms with E-state index in [-0.39, 0.29) is 30.0 Å². The number of nitrogens with zero attached hydrogens (tertiary/aromatic N) is 3. The maximum atomic E-state index is 11.5. The third kappa shape index (κ3) is 3.40. The molecule has 0 amide bonds. The van der Waals surface area contributed by atoms with Gasteiger partial charge in [-0.15, -0.1) is 0 Å². The first-order valence-electron chi connectivity index (χ1n) is 5.86. The molecule has 0 radical (unpaired) electrons. The summed E-state index contributed by atoms with van der Waals surface area (Å²) >= 11 is 0. The normalized spacial score (nSPS) is 21.2. The van der Waals surface area contributed by atoms with E-state index in [1.165, 1.54) is 11.1 Å². The van der Waals surface area contributed by atoms with Crippen molar-refractivity contribution in [3.63, 3.8) is 0 Å². The lowest BCUT2D eigenvalue weighted by Crippen LogP contribution is -2.41. The van der Waals surface area contributed by atoms with E-state index in [2.05, 4.69) is 9.97 Å². The van der Waals surface area contributed by atoms with Crippen molar-refractivity contribution in [2.75, 3.05) is 23.0 Å². The lowest BCUT2D eigenvalue weighted by atomic mass is 10.2. The summed E-state index contributed by atoms with van der Waals surface area (Å²) in [6.07, 6.45) is 1.95. The molecule has 0 bridgehead atoms. The second-order valence-electron chi connectivity index (χ2n) is 4.58. The fourth-order valence-electron chi connectivity index (χ4n) is 2.10. The molecule has 1 N–H and O–H groups in total. The Kier molecular flexibility index (Phi) is 3.70. The molecule has 1 aliphatic rings. The smallest absolute Gasteiger partial charge is 0.323 e. The van der Waals surface area contributed by atoms with Crippen LogP contribution >= 0.6 is 0 Å². The van der Waals surface area contributed by atoms with Crippen LogP contribution in [-0.2, 0) is 14.6 Å². The van der Waals surface area contributed by atoms with Crippen molar-refractivity contribution in [2.24, 2.45) is 0 Å². The summed E-state index contributed by atoms with van der Waals surface area (Å²) in [5, 5.41) is 8.96. The van der Waals surface area contributed by atoms with E-state index in [4.69, 9.17) is 5.11 Å². The monoisotopic (exact) mass is 285 g/mol. The SMILES string of the molecule is Cc1ccnc(N(CC(=O)O)C2CCS(=O)(=O)C2)n1. The van der Waals surface area contributed by atoms with Crippen LogP contribution in [0.2, 0.25) is 0 Å². The molecule has 0 aliphatic carbocycles. The molecule has 19 heavy (non-hydrogen) atoms. The zero-order chi connectivity index (χ0) is 14.0. The second kappa shape index (κ2) is 5.12. The third-order valence-electron chi connectivity index (χ3n) is 2.99. The van der Waals surface area contributed by atoms with E-state index in [0.29, 0.717) is 12.1 Å². The molecular formula is C11H15N3O4S. The summed E-state index contributed by atoms with van der Waals surface area (Å²) in [6, 6.07) is 1.33. The number of aryl methyl sites for hydroxylation is 1. The second-order valence-corrected chi connectivity index (χ2v) is 6.81. The van der Waals surface area contributed by atoms with E-state index in [1.807, 2.05) is 0 Å². The highest BCUT2D eigenvalue weighted by atomic mass is 32.2. The summed E-state index contributed by atoms with van der Waals surface area (Å²) < 4.78 is 23.0. The molecule has 2 heterocycles. The van der Waals surface area contributed by atoms with Crippen LogP contribution in [0.4, 0.5) is 5.95 Å². The fourth-order valence-corrected chi connectivity index (χ4v) is 3.83. The van der Waals surface area contributed by atoms with Gasteiger partial charge < -0.3 is 10.0 Å². The summed E-state index contributed by atoms with van der Waals surface area (Å²) in [4.78, 5) is 20.6. The van der Waals surface area contributed by atoms with Gasteiger partial charge in [0, 0.05) is 17.9 Å². The number of aromatic nitrogens is 2. The summed E-state index contributed by atoms with van der Waals surface area (Å²) in [5.41, 5.74) is 0.709. The lowest BCUT2D eigenvalue weighted by Gasteiger charge is -2.26. The van der Waals surface area contributed by atoms with Gasteiger partial charge >= 0.3 is 5.97 Å². The van der Waals surface area contributed by atoms with Crippen molar-refractivity contribution in [2.45, 2.75) is 19.4 Å². The average Bonchev–Trinajstić information content (AvgIpc) is 2.66. The molecular weight excluding hydrogens is 270 g/mol. The van der Waals surface area contributed by atoms with Gasteiger partial charge in [-0.1, -0.05) is 0 Å². The first-order chi connectivity index (χ1) is 8.87. The Bertz CT molecular complexity index is 587. The first-order valence-corrected chi connectivity index (χ1v) is 7.68. The summed E-state index contributed by atoms with van der Waals surface area (Å²) in [7, 11) is -3.08. The Morgan fingerprint density at radius 2 is 2.32 bits per heavy atom. The molecule has 1 atom stereocenters. The first kappa shape index (κ1) is 13.7. The summed E-state index contributed by atoms with van der Waals surface area (Å²) in [5.74, 6) is -0.726. The Labute approximate surface area is 111 Å². The van der Waals surface area contributed by atoms with Gasteiger partial charge in [-0.05, 0) is 19.4 Å². The van der Waals surface area contributed by atoms with Crippen LogP contribution in [0.5, 0.6) is 0 Å². The lowest BCUT2D eigenvalue weighted by molar-refractivity contribution is -0.135. The van der Waals surface area contributed by atoms with E-state index in [9.17, 15) is 13.2 Å². The number of rotatable bonds is 4. The van der Waals surface area contributed by atoms with Gasteiger partial charge in [0.2, 0.25) is 5.95 Å². The Balaban J connectivity index is 2.29. The zero-order valence-corrected chi connectivity index (χ0v) is 11.3. The van der Waals surface area contributed by atoms with E-state index in [1.54, 1.807) is 13.0 Å². The molecule has 0 saturated carbocycles. The van der Waals surface area contributed by atoms with E-state index < -0.39 is 15.8 Å². The molecule has 1 fully saturated rings. The topological polar surface area (TPSA) is 100 Å². The largest absolute Gasteiger partial charge is 0.480 e. The van der Waals surface area contributed by atoms with Gasteiger partial charge in [-0.2, -0.15) is 0 Å². The number of sulfone groups is 1. The zero-order valence-electron chi connectivity index (χ0n) is 10.5. The minimum Gasteiger partial charge on any atom is -0.480 e. The number of hydrogen-bond acceptors (Lipinski definition) is 6. The Morgan fingerprint density at radius 3 is 2.84 bits per heavy atom. The third-order valence-corrected chi connectivity index (χ3v) is 4.74. The van der Waals surface area contributed by atoms with E-state index in [0.717, 1.165) is 0 Å². The van der Waals surface area contributed by atoms with Gasteiger partial charge in [0.05, 0.1) is 11.5 Å². The van der Waals surface area contributed by atoms with Gasteiger partial charge in [0.1, 0.15) is 6.54 Å². The fraction of sp³-hybridized carbons (Fsp3) is 0.545. The average molecular weight is 285 g/mol. The number of carboxylic acid groups (broad SMARTS) is 1. The minimum atomic E-state index is -3.08. The molecule has 2 rings (SSSR count). The molecule has 8 heteroatoms. The highest BCUT2D eigenvalue weighted by molar-refractivity contribution is 7.91. The van der Waals surface area contributed by atoms with Gasteiger partial charge in [-0.3, -0.25) is 4.79 Å². The molecule has 1 saturated heterocycles. The minimum absolute atomic E-state index is 0.0441. The molecule has 7 nitrogen and oxygen atoms in total. The molecule has 1 aromatic rings. The molecule has 1 aliphatic heterocycles. The van der Waals surface area contributed by atoms with Crippen molar-refractivity contribution in [3.8, 4) is 0 Å². The number of anilines is 1. The number of carboxylic acids is 1. The molecule has 1 unspecified atom stereocenters. The molecule has 0 spiro atoms. The molecule has 0 aromatic carbocycles. The van der Waals surface area contributed by atoms with Crippen LogP contribution in [0, 0.1) is 6.92 Å². The van der Waals surface area contributed by atoms with E-state index >= 15 is 0 Å².